The predicted octanol–water partition coefficient (Wildman–Crippen LogP) is 2.18. The lowest BCUT2D eigenvalue weighted by Crippen LogP contribution is -2.45. The van der Waals surface area contributed by atoms with E-state index in [4.69, 9.17) is 0 Å². The van der Waals surface area contributed by atoms with E-state index in [0.29, 0.717) is 12.8 Å². The van der Waals surface area contributed by atoms with Crippen molar-refractivity contribution < 1.29 is 14.4 Å². The van der Waals surface area contributed by atoms with Crippen LogP contribution in [-0.4, -0.2) is 17.6 Å². The molecule has 1 aliphatic carbocycles. The van der Waals surface area contributed by atoms with Gasteiger partial charge < -0.3 is 0 Å². The summed E-state index contributed by atoms with van der Waals surface area (Å²) in [5.41, 5.74) is 3.00. The van der Waals surface area contributed by atoms with E-state index >= 15 is 0 Å². The first-order chi connectivity index (χ1) is 10.1. The van der Waals surface area contributed by atoms with Gasteiger partial charge in [-0.25, -0.2) is 0 Å². The van der Waals surface area contributed by atoms with E-state index in [1.807, 2.05) is 19.1 Å². The number of rotatable bonds is 1. The summed E-state index contributed by atoms with van der Waals surface area (Å²) in [4.78, 5) is 36.1. The minimum atomic E-state index is -0.359. The van der Waals surface area contributed by atoms with Gasteiger partial charge in [0.05, 0.1) is 0 Å². The van der Waals surface area contributed by atoms with Crippen LogP contribution in [0, 0.1) is 18.8 Å². The van der Waals surface area contributed by atoms with Crippen LogP contribution in [0.2, 0.25) is 0 Å². The molecule has 1 N–H and O–H groups in total. The van der Waals surface area contributed by atoms with Crippen molar-refractivity contribution in [3.05, 3.63) is 34.9 Å². The molecule has 4 nitrogen and oxygen atoms in total. The summed E-state index contributed by atoms with van der Waals surface area (Å²) in [6.07, 6.45) is 3.33. The summed E-state index contributed by atoms with van der Waals surface area (Å²) in [5.74, 6) is -1.09. The minimum absolute atomic E-state index is 0.0667. The second-order valence-corrected chi connectivity index (χ2v) is 6.08. The Morgan fingerprint density at radius 1 is 1.05 bits per heavy atom. The molecule has 1 aliphatic heterocycles. The van der Waals surface area contributed by atoms with Crippen molar-refractivity contribution in [1.29, 1.82) is 0 Å². The van der Waals surface area contributed by atoms with Crippen molar-refractivity contribution in [2.24, 2.45) is 11.8 Å². The number of hydrogen-bond donors (Lipinski definition) is 1. The molecule has 3 rings (SSSR count). The van der Waals surface area contributed by atoms with E-state index in [-0.39, 0.29) is 29.4 Å². The molecule has 1 saturated heterocycles. The highest BCUT2D eigenvalue weighted by molar-refractivity contribution is 6.05. The average molecular weight is 285 g/mol. The zero-order valence-electron chi connectivity index (χ0n) is 12.1. The van der Waals surface area contributed by atoms with Gasteiger partial charge in [-0.3, -0.25) is 19.7 Å². The van der Waals surface area contributed by atoms with Gasteiger partial charge in [0.1, 0.15) is 0 Å². The van der Waals surface area contributed by atoms with Gasteiger partial charge in [-0.1, -0.05) is 23.8 Å². The summed E-state index contributed by atoms with van der Waals surface area (Å²) >= 11 is 0. The average Bonchev–Trinajstić information content (AvgIpc) is 2.58. The maximum absolute atomic E-state index is 12.8. The van der Waals surface area contributed by atoms with Crippen molar-refractivity contribution >= 4 is 17.6 Å². The Labute approximate surface area is 123 Å². The molecule has 1 heterocycles. The van der Waals surface area contributed by atoms with Crippen molar-refractivity contribution in [3.8, 4) is 0 Å². The molecular weight excluding hydrogens is 266 g/mol. The number of carbonyl (C=O) groups excluding carboxylic acids is 3. The van der Waals surface area contributed by atoms with Gasteiger partial charge in [-0.15, -0.1) is 0 Å². The third kappa shape index (κ3) is 2.62. The van der Waals surface area contributed by atoms with Gasteiger partial charge in [-0.2, -0.15) is 0 Å². The molecule has 2 amide bonds. The van der Waals surface area contributed by atoms with Crippen LogP contribution in [0.4, 0.5) is 0 Å². The number of piperidine rings is 1. The second kappa shape index (κ2) is 5.43. The monoisotopic (exact) mass is 285 g/mol. The first-order valence-electron chi connectivity index (χ1n) is 7.53. The largest absolute Gasteiger partial charge is 0.296 e. The van der Waals surface area contributed by atoms with Gasteiger partial charge in [0.15, 0.2) is 5.78 Å². The van der Waals surface area contributed by atoms with Gasteiger partial charge in [0, 0.05) is 23.8 Å². The fourth-order valence-electron chi connectivity index (χ4n) is 3.49. The number of hydrogen-bond acceptors (Lipinski definition) is 3. The Hall–Kier alpha value is -1.97. The quantitative estimate of drug-likeness (QED) is 0.635. The van der Waals surface area contributed by atoms with Crippen molar-refractivity contribution in [1.82, 2.24) is 5.32 Å². The normalized spacial score (nSPS) is 26.0. The summed E-state index contributed by atoms with van der Waals surface area (Å²) in [5, 5.41) is 2.37. The van der Waals surface area contributed by atoms with Crippen LogP contribution in [0.15, 0.2) is 18.2 Å². The molecule has 0 spiro atoms. The van der Waals surface area contributed by atoms with Crippen LogP contribution in [0.3, 0.4) is 0 Å². The SMILES string of the molecule is Cc1ccc2c(c1)CCCC(C1CCC(=O)NC1=O)C2=O. The molecule has 4 heteroatoms. The number of nitrogens with one attached hydrogen (secondary N) is 1. The fourth-order valence-corrected chi connectivity index (χ4v) is 3.49. The van der Waals surface area contributed by atoms with Crippen LogP contribution in [0.5, 0.6) is 0 Å². The molecule has 0 bridgehead atoms. The summed E-state index contributed by atoms with van der Waals surface area (Å²) in [6.45, 7) is 2.02. The first-order valence-corrected chi connectivity index (χ1v) is 7.53. The number of carbonyl (C=O) groups is 3. The van der Waals surface area contributed by atoms with Gasteiger partial charge in [-0.05, 0) is 38.2 Å². The highest BCUT2D eigenvalue weighted by Crippen LogP contribution is 2.33. The van der Waals surface area contributed by atoms with Crippen LogP contribution in [0.1, 0.15) is 47.2 Å². The highest BCUT2D eigenvalue weighted by atomic mass is 16.2. The molecule has 0 radical (unpaired) electrons. The van der Waals surface area contributed by atoms with Crippen molar-refractivity contribution in [2.75, 3.05) is 0 Å². The number of amides is 2. The van der Waals surface area contributed by atoms with Crippen LogP contribution in [-0.2, 0) is 16.0 Å². The van der Waals surface area contributed by atoms with E-state index in [0.717, 1.165) is 36.0 Å². The van der Waals surface area contributed by atoms with E-state index in [9.17, 15) is 14.4 Å². The van der Waals surface area contributed by atoms with Crippen LogP contribution in [0.25, 0.3) is 0 Å². The number of benzene rings is 1. The topological polar surface area (TPSA) is 63.2 Å². The summed E-state index contributed by atoms with van der Waals surface area (Å²) in [7, 11) is 0. The van der Waals surface area contributed by atoms with Crippen molar-refractivity contribution in [2.45, 2.75) is 39.0 Å². The second-order valence-electron chi connectivity index (χ2n) is 6.08. The number of ketones is 1. The molecule has 2 aliphatic rings. The lowest BCUT2D eigenvalue weighted by atomic mass is 9.79. The van der Waals surface area contributed by atoms with E-state index in [1.165, 1.54) is 0 Å². The molecule has 21 heavy (non-hydrogen) atoms. The molecule has 2 unspecified atom stereocenters. The summed E-state index contributed by atoms with van der Waals surface area (Å²) < 4.78 is 0. The maximum Gasteiger partial charge on any atom is 0.230 e. The Morgan fingerprint density at radius 3 is 2.62 bits per heavy atom. The smallest absolute Gasteiger partial charge is 0.230 e. The van der Waals surface area contributed by atoms with Gasteiger partial charge >= 0.3 is 0 Å². The lowest BCUT2D eigenvalue weighted by molar-refractivity contribution is -0.137. The number of Topliss-reactive ketones (excluding diaryl/α,β-unsaturated/α-hetero) is 1. The number of aryl methyl sites for hydroxylation is 2. The number of imide groups is 1. The number of fused-ring (bicyclic) bond motifs is 1. The van der Waals surface area contributed by atoms with Crippen LogP contribution < -0.4 is 5.32 Å². The van der Waals surface area contributed by atoms with Crippen molar-refractivity contribution in [3.63, 3.8) is 0 Å². The Bertz CT molecular complexity index is 620. The van der Waals surface area contributed by atoms with E-state index < -0.39 is 0 Å². The molecular formula is C17H19NO3. The minimum Gasteiger partial charge on any atom is -0.296 e. The molecule has 0 saturated carbocycles. The Kier molecular flexibility index (Phi) is 3.62. The molecule has 1 aromatic carbocycles. The molecule has 110 valence electrons. The Balaban J connectivity index is 1.90. The first kappa shape index (κ1) is 14.0. The standard InChI is InChI=1S/C17H19NO3/c1-10-5-6-12-11(9-10)3-2-4-13(16(12)20)14-7-8-15(19)18-17(14)21/h5-6,9,13-14H,2-4,7-8H2,1H3,(H,18,19,21). The Morgan fingerprint density at radius 2 is 1.86 bits per heavy atom. The summed E-state index contributed by atoms with van der Waals surface area (Å²) in [6, 6.07) is 5.90. The lowest BCUT2D eigenvalue weighted by Gasteiger charge is -2.27. The van der Waals surface area contributed by atoms with Gasteiger partial charge in [0.25, 0.3) is 0 Å². The zero-order valence-corrected chi connectivity index (χ0v) is 12.1. The molecule has 2 atom stereocenters. The van der Waals surface area contributed by atoms with E-state index in [2.05, 4.69) is 11.4 Å². The maximum atomic E-state index is 12.8. The third-order valence-corrected chi connectivity index (χ3v) is 4.59. The van der Waals surface area contributed by atoms with E-state index in [1.54, 1.807) is 0 Å². The zero-order chi connectivity index (χ0) is 15.0. The molecule has 1 aromatic rings. The highest BCUT2D eigenvalue weighted by Gasteiger charge is 2.38. The molecule has 0 aromatic heterocycles. The predicted molar refractivity (Wildman–Crippen MR) is 77.8 cm³/mol. The van der Waals surface area contributed by atoms with Gasteiger partial charge in [0.2, 0.25) is 11.8 Å². The fraction of sp³-hybridized carbons (Fsp3) is 0.471. The molecule has 1 fully saturated rings. The third-order valence-electron chi connectivity index (χ3n) is 4.59. The van der Waals surface area contributed by atoms with Crippen LogP contribution >= 0.6 is 0 Å².